The molecule has 0 amide bonds. The third kappa shape index (κ3) is 1.37. The lowest BCUT2D eigenvalue weighted by Crippen LogP contribution is -2.00. The van der Waals surface area contributed by atoms with Gasteiger partial charge in [-0.2, -0.15) is 0 Å². The van der Waals surface area contributed by atoms with Crippen molar-refractivity contribution < 1.29 is 0 Å². The molecule has 0 saturated heterocycles. The average Bonchev–Trinajstić information content (AvgIpc) is 2.87. The van der Waals surface area contributed by atoms with E-state index < -0.39 is 0 Å². The summed E-state index contributed by atoms with van der Waals surface area (Å²) in [6.45, 7) is 2.81. The van der Waals surface area contributed by atoms with Gasteiger partial charge in [-0.3, -0.25) is 0 Å². The van der Waals surface area contributed by atoms with E-state index in [1.165, 1.54) is 29.5 Å². The summed E-state index contributed by atoms with van der Waals surface area (Å²) in [6, 6.07) is 6.65. The fourth-order valence-corrected chi connectivity index (χ4v) is 1.70. The second-order valence-corrected chi connectivity index (χ2v) is 3.68. The van der Waals surface area contributed by atoms with Crippen molar-refractivity contribution in [3.63, 3.8) is 0 Å². The molecule has 0 bridgehead atoms. The van der Waals surface area contributed by atoms with Crippen molar-refractivity contribution in [3.8, 4) is 0 Å². The van der Waals surface area contributed by atoms with Gasteiger partial charge in [0.05, 0.1) is 0 Å². The molecule has 1 aliphatic carbocycles. The van der Waals surface area contributed by atoms with Crippen molar-refractivity contribution in [2.24, 2.45) is 5.73 Å². The van der Waals surface area contributed by atoms with Crippen molar-refractivity contribution in [1.82, 2.24) is 0 Å². The van der Waals surface area contributed by atoms with Crippen LogP contribution in [-0.4, -0.2) is 0 Å². The maximum Gasteiger partial charge on any atom is 0.0181 e. The monoisotopic (exact) mass is 161 g/mol. The Morgan fingerprint density at radius 3 is 2.75 bits per heavy atom. The number of benzene rings is 1. The van der Waals surface area contributed by atoms with Gasteiger partial charge in [-0.1, -0.05) is 23.8 Å². The summed E-state index contributed by atoms with van der Waals surface area (Å²) in [5.74, 6) is 0.823. The summed E-state index contributed by atoms with van der Waals surface area (Å²) in [4.78, 5) is 0. The van der Waals surface area contributed by atoms with Crippen LogP contribution >= 0.6 is 0 Å². The molecule has 0 radical (unpaired) electrons. The Hall–Kier alpha value is -0.820. The Morgan fingerprint density at radius 1 is 1.42 bits per heavy atom. The fourth-order valence-electron chi connectivity index (χ4n) is 1.70. The summed E-state index contributed by atoms with van der Waals surface area (Å²) in [5.41, 5.74) is 9.84. The molecule has 0 aliphatic heterocycles. The van der Waals surface area contributed by atoms with Crippen molar-refractivity contribution in [2.45, 2.75) is 32.2 Å². The van der Waals surface area contributed by atoms with Gasteiger partial charge < -0.3 is 5.73 Å². The minimum Gasteiger partial charge on any atom is -0.326 e. The van der Waals surface area contributed by atoms with Gasteiger partial charge >= 0.3 is 0 Å². The van der Waals surface area contributed by atoms with Crippen LogP contribution in [0.2, 0.25) is 0 Å². The number of rotatable bonds is 2. The minimum absolute atomic E-state index is 0.688. The summed E-state index contributed by atoms with van der Waals surface area (Å²) in [7, 11) is 0. The van der Waals surface area contributed by atoms with Crippen LogP contribution in [0.4, 0.5) is 0 Å². The standard InChI is InChI=1S/C11H15N/c1-8-2-5-11(9-3-4-9)10(6-8)7-12/h2,5-6,9H,3-4,7,12H2,1H3. The van der Waals surface area contributed by atoms with E-state index >= 15 is 0 Å². The van der Waals surface area contributed by atoms with Crippen LogP contribution in [0, 0.1) is 6.92 Å². The van der Waals surface area contributed by atoms with E-state index in [1.807, 2.05) is 0 Å². The second kappa shape index (κ2) is 2.91. The quantitative estimate of drug-likeness (QED) is 0.707. The molecule has 0 spiro atoms. The van der Waals surface area contributed by atoms with E-state index in [0.29, 0.717) is 6.54 Å². The first-order chi connectivity index (χ1) is 5.81. The summed E-state index contributed by atoms with van der Waals surface area (Å²) >= 11 is 0. The molecule has 0 atom stereocenters. The first-order valence-corrected chi connectivity index (χ1v) is 4.61. The lowest BCUT2D eigenvalue weighted by Gasteiger charge is -2.06. The van der Waals surface area contributed by atoms with E-state index in [4.69, 9.17) is 5.73 Å². The SMILES string of the molecule is Cc1ccc(C2CC2)c(CN)c1. The minimum atomic E-state index is 0.688. The van der Waals surface area contributed by atoms with Gasteiger partial charge in [-0.25, -0.2) is 0 Å². The van der Waals surface area contributed by atoms with Gasteiger partial charge in [0.2, 0.25) is 0 Å². The first kappa shape index (κ1) is 7.81. The Morgan fingerprint density at radius 2 is 2.17 bits per heavy atom. The molecule has 0 unspecified atom stereocenters. The van der Waals surface area contributed by atoms with Gasteiger partial charge in [0, 0.05) is 6.54 Å². The van der Waals surface area contributed by atoms with E-state index in [2.05, 4.69) is 25.1 Å². The Balaban J connectivity index is 2.38. The maximum absolute atomic E-state index is 5.69. The van der Waals surface area contributed by atoms with Crippen LogP contribution in [0.15, 0.2) is 18.2 Å². The van der Waals surface area contributed by atoms with Crippen LogP contribution in [0.1, 0.15) is 35.4 Å². The largest absolute Gasteiger partial charge is 0.326 e. The van der Waals surface area contributed by atoms with Crippen LogP contribution in [0.3, 0.4) is 0 Å². The molecule has 1 aromatic carbocycles. The summed E-state index contributed by atoms with van der Waals surface area (Å²) in [5, 5.41) is 0. The lowest BCUT2D eigenvalue weighted by atomic mass is 10.0. The maximum atomic E-state index is 5.69. The smallest absolute Gasteiger partial charge is 0.0181 e. The van der Waals surface area contributed by atoms with Gasteiger partial charge in [0.1, 0.15) is 0 Å². The second-order valence-electron chi connectivity index (χ2n) is 3.68. The highest BCUT2D eigenvalue weighted by atomic mass is 14.5. The Kier molecular flexibility index (Phi) is 1.89. The number of hydrogen-bond acceptors (Lipinski definition) is 1. The van der Waals surface area contributed by atoms with E-state index in [0.717, 1.165) is 5.92 Å². The summed E-state index contributed by atoms with van der Waals surface area (Å²) in [6.07, 6.45) is 2.71. The number of hydrogen-bond donors (Lipinski definition) is 1. The number of aryl methyl sites for hydroxylation is 1. The van der Waals surface area contributed by atoms with Crippen molar-refractivity contribution in [3.05, 3.63) is 34.9 Å². The van der Waals surface area contributed by atoms with Gasteiger partial charge in [-0.05, 0) is 36.8 Å². The molecule has 2 rings (SSSR count). The zero-order chi connectivity index (χ0) is 8.55. The zero-order valence-electron chi connectivity index (χ0n) is 7.51. The van der Waals surface area contributed by atoms with E-state index in [1.54, 1.807) is 0 Å². The third-order valence-electron chi connectivity index (χ3n) is 2.54. The zero-order valence-corrected chi connectivity index (χ0v) is 7.51. The normalized spacial score (nSPS) is 16.5. The molecular formula is C11H15N. The summed E-state index contributed by atoms with van der Waals surface area (Å²) < 4.78 is 0. The van der Waals surface area contributed by atoms with Crippen LogP contribution in [0.5, 0.6) is 0 Å². The van der Waals surface area contributed by atoms with Gasteiger partial charge in [0.25, 0.3) is 0 Å². The molecule has 1 aromatic rings. The van der Waals surface area contributed by atoms with Crippen molar-refractivity contribution in [2.75, 3.05) is 0 Å². The lowest BCUT2D eigenvalue weighted by molar-refractivity contribution is 0.992. The molecule has 1 saturated carbocycles. The van der Waals surface area contributed by atoms with Crippen LogP contribution in [-0.2, 0) is 6.54 Å². The molecular weight excluding hydrogens is 146 g/mol. The predicted molar refractivity (Wildman–Crippen MR) is 51.0 cm³/mol. The molecule has 12 heavy (non-hydrogen) atoms. The van der Waals surface area contributed by atoms with Crippen molar-refractivity contribution in [1.29, 1.82) is 0 Å². The van der Waals surface area contributed by atoms with Crippen molar-refractivity contribution >= 4 is 0 Å². The third-order valence-corrected chi connectivity index (χ3v) is 2.54. The topological polar surface area (TPSA) is 26.0 Å². The van der Waals surface area contributed by atoms with Gasteiger partial charge in [0.15, 0.2) is 0 Å². The molecule has 0 aromatic heterocycles. The van der Waals surface area contributed by atoms with E-state index in [-0.39, 0.29) is 0 Å². The first-order valence-electron chi connectivity index (χ1n) is 4.61. The highest BCUT2D eigenvalue weighted by Gasteiger charge is 2.25. The highest BCUT2D eigenvalue weighted by molar-refractivity contribution is 5.36. The predicted octanol–water partition coefficient (Wildman–Crippen LogP) is 2.33. The fraction of sp³-hybridized carbons (Fsp3) is 0.455. The Labute approximate surface area is 73.6 Å². The molecule has 1 aliphatic rings. The van der Waals surface area contributed by atoms with Crippen LogP contribution in [0.25, 0.3) is 0 Å². The average molecular weight is 161 g/mol. The molecule has 2 N–H and O–H groups in total. The molecule has 1 nitrogen and oxygen atoms in total. The molecule has 1 heteroatoms. The van der Waals surface area contributed by atoms with Crippen LogP contribution < -0.4 is 5.73 Å². The highest BCUT2D eigenvalue weighted by Crippen LogP contribution is 2.41. The number of nitrogens with two attached hydrogens (primary N) is 1. The molecule has 64 valence electrons. The van der Waals surface area contributed by atoms with E-state index in [9.17, 15) is 0 Å². The molecule has 0 heterocycles. The molecule has 1 fully saturated rings. The van der Waals surface area contributed by atoms with Gasteiger partial charge in [-0.15, -0.1) is 0 Å². The Bertz CT molecular complexity index is 287.